The van der Waals surface area contributed by atoms with Crippen molar-refractivity contribution in [2.45, 2.75) is 38.1 Å². The zero-order valence-corrected chi connectivity index (χ0v) is 13.9. The van der Waals surface area contributed by atoms with Gasteiger partial charge in [-0.3, -0.25) is 4.79 Å². The molecule has 0 spiro atoms. The van der Waals surface area contributed by atoms with E-state index in [1.54, 1.807) is 0 Å². The van der Waals surface area contributed by atoms with Gasteiger partial charge in [0.25, 0.3) is 0 Å². The van der Waals surface area contributed by atoms with Crippen molar-refractivity contribution in [1.82, 2.24) is 5.32 Å². The van der Waals surface area contributed by atoms with Crippen LogP contribution in [0.15, 0.2) is 24.3 Å². The highest BCUT2D eigenvalue weighted by Crippen LogP contribution is 2.39. The van der Waals surface area contributed by atoms with Crippen LogP contribution in [0.2, 0.25) is 5.02 Å². The SMILES string of the molecule is CC(CO)C(C)NC(=O)C1(c2ccccc2Cl)CCOCC1. The smallest absolute Gasteiger partial charge is 0.231 e. The Kier molecular flexibility index (Phi) is 5.84. The lowest BCUT2D eigenvalue weighted by molar-refractivity contribution is -0.131. The van der Waals surface area contributed by atoms with Gasteiger partial charge in [0.05, 0.1) is 5.41 Å². The van der Waals surface area contributed by atoms with Crippen molar-refractivity contribution >= 4 is 17.5 Å². The van der Waals surface area contributed by atoms with Gasteiger partial charge in [0, 0.05) is 30.9 Å². The molecule has 1 fully saturated rings. The molecule has 1 heterocycles. The molecule has 2 rings (SSSR count). The summed E-state index contributed by atoms with van der Waals surface area (Å²) in [6, 6.07) is 7.42. The number of rotatable bonds is 5. The van der Waals surface area contributed by atoms with E-state index in [4.69, 9.17) is 16.3 Å². The van der Waals surface area contributed by atoms with Gasteiger partial charge >= 0.3 is 0 Å². The average molecular weight is 326 g/mol. The second kappa shape index (κ2) is 7.44. The van der Waals surface area contributed by atoms with E-state index in [1.807, 2.05) is 38.1 Å². The monoisotopic (exact) mass is 325 g/mol. The van der Waals surface area contributed by atoms with Gasteiger partial charge in [-0.25, -0.2) is 0 Å². The Labute approximate surface area is 136 Å². The molecule has 1 amide bonds. The molecule has 0 aromatic heterocycles. The van der Waals surface area contributed by atoms with Crippen LogP contribution in [0.25, 0.3) is 0 Å². The Bertz CT molecular complexity index is 514. The molecule has 0 aliphatic carbocycles. The van der Waals surface area contributed by atoms with E-state index in [0.717, 1.165) is 5.56 Å². The molecule has 1 aliphatic rings. The minimum absolute atomic E-state index is 0.00656. The van der Waals surface area contributed by atoms with Crippen LogP contribution in [0.5, 0.6) is 0 Å². The molecule has 2 N–H and O–H groups in total. The second-order valence-corrected chi connectivity index (χ2v) is 6.50. The molecule has 1 aromatic rings. The molecule has 1 aromatic carbocycles. The first-order valence-electron chi connectivity index (χ1n) is 7.76. The third-order valence-electron chi connectivity index (χ3n) is 4.67. The summed E-state index contributed by atoms with van der Waals surface area (Å²) in [4.78, 5) is 13.0. The van der Waals surface area contributed by atoms with Gasteiger partial charge in [0.1, 0.15) is 0 Å². The van der Waals surface area contributed by atoms with Gasteiger partial charge in [-0.05, 0) is 37.3 Å². The average Bonchev–Trinajstić information content (AvgIpc) is 2.55. The summed E-state index contributed by atoms with van der Waals surface area (Å²) >= 11 is 6.36. The number of amides is 1. The van der Waals surface area contributed by atoms with E-state index in [-0.39, 0.29) is 24.5 Å². The molecule has 2 atom stereocenters. The molecule has 2 unspecified atom stereocenters. The highest BCUT2D eigenvalue weighted by Gasteiger charge is 2.43. The van der Waals surface area contributed by atoms with Gasteiger partial charge in [-0.1, -0.05) is 36.7 Å². The fourth-order valence-electron chi connectivity index (χ4n) is 2.83. The predicted molar refractivity (Wildman–Crippen MR) is 87.0 cm³/mol. The number of ether oxygens (including phenoxy) is 1. The van der Waals surface area contributed by atoms with Gasteiger partial charge in [0.2, 0.25) is 5.91 Å². The fourth-order valence-corrected chi connectivity index (χ4v) is 3.15. The van der Waals surface area contributed by atoms with Crippen molar-refractivity contribution < 1.29 is 14.6 Å². The third-order valence-corrected chi connectivity index (χ3v) is 5.00. The predicted octanol–water partition coefficient (Wildman–Crippen LogP) is 2.52. The highest BCUT2D eigenvalue weighted by atomic mass is 35.5. The number of carbonyl (C=O) groups is 1. The number of aliphatic hydroxyl groups excluding tert-OH is 1. The van der Waals surface area contributed by atoms with Crippen LogP contribution in [0.4, 0.5) is 0 Å². The van der Waals surface area contributed by atoms with Crippen molar-refractivity contribution in [1.29, 1.82) is 0 Å². The summed E-state index contributed by atoms with van der Waals surface area (Å²) in [5, 5.41) is 12.9. The van der Waals surface area contributed by atoms with Crippen molar-refractivity contribution in [2.75, 3.05) is 19.8 Å². The summed E-state index contributed by atoms with van der Waals surface area (Å²) in [7, 11) is 0. The van der Waals surface area contributed by atoms with E-state index in [1.165, 1.54) is 0 Å². The zero-order chi connectivity index (χ0) is 16.2. The first-order valence-corrected chi connectivity index (χ1v) is 8.13. The first-order chi connectivity index (χ1) is 10.5. The molecule has 0 saturated carbocycles. The van der Waals surface area contributed by atoms with Crippen molar-refractivity contribution in [3.05, 3.63) is 34.9 Å². The van der Waals surface area contributed by atoms with Crippen LogP contribution < -0.4 is 5.32 Å². The highest BCUT2D eigenvalue weighted by molar-refractivity contribution is 6.31. The maximum Gasteiger partial charge on any atom is 0.231 e. The summed E-state index contributed by atoms with van der Waals surface area (Å²) in [6.45, 7) is 4.96. The molecule has 0 radical (unpaired) electrons. The normalized spacial score (nSPS) is 20.2. The third kappa shape index (κ3) is 3.45. The fraction of sp³-hybridized carbons (Fsp3) is 0.588. The largest absolute Gasteiger partial charge is 0.396 e. The maximum absolute atomic E-state index is 13.0. The van der Waals surface area contributed by atoms with Crippen LogP contribution in [0, 0.1) is 5.92 Å². The number of benzene rings is 1. The van der Waals surface area contributed by atoms with E-state index in [2.05, 4.69) is 5.32 Å². The molecular weight excluding hydrogens is 302 g/mol. The standard InChI is InChI=1S/C17H24ClNO3/c1-12(11-20)13(2)19-16(21)17(7-9-22-10-8-17)14-5-3-4-6-15(14)18/h3-6,12-13,20H,7-11H2,1-2H3,(H,19,21). The molecule has 5 heteroatoms. The Morgan fingerprint density at radius 1 is 1.36 bits per heavy atom. The molecule has 0 bridgehead atoms. The van der Waals surface area contributed by atoms with Gasteiger partial charge in [-0.15, -0.1) is 0 Å². The Morgan fingerprint density at radius 2 is 2.00 bits per heavy atom. The minimum Gasteiger partial charge on any atom is -0.396 e. The van der Waals surface area contributed by atoms with E-state index in [0.29, 0.717) is 31.1 Å². The van der Waals surface area contributed by atoms with Gasteiger partial charge < -0.3 is 15.2 Å². The first kappa shape index (κ1) is 17.3. The van der Waals surface area contributed by atoms with Crippen molar-refractivity contribution in [2.24, 2.45) is 5.92 Å². The summed E-state index contributed by atoms with van der Waals surface area (Å²) in [6.07, 6.45) is 1.23. The van der Waals surface area contributed by atoms with Crippen LogP contribution in [0.3, 0.4) is 0 Å². The lowest BCUT2D eigenvalue weighted by Crippen LogP contribution is -2.52. The summed E-state index contributed by atoms with van der Waals surface area (Å²) in [5.74, 6) is -0.0243. The Morgan fingerprint density at radius 3 is 2.59 bits per heavy atom. The van der Waals surface area contributed by atoms with Gasteiger partial charge in [0.15, 0.2) is 0 Å². The summed E-state index contributed by atoms with van der Waals surface area (Å²) < 4.78 is 5.45. The number of nitrogens with one attached hydrogen (secondary N) is 1. The topological polar surface area (TPSA) is 58.6 Å². The number of carbonyl (C=O) groups excluding carboxylic acids is 1. The minimum atomic E-state index is -0.653. The van der Waals surface area contributed by atoms with Crippen LogP contribution in [-0.2, 0) is 14.9 Å². The van der Waals surface area contributed by atoms with Crippen LogP contribution >= 0.6 is 11.6 Å². The summed E-state index contributed by atoms with van der Waals surface area (Å²) in [5.41, 5.74) is 0.210. The van der Waals surface area contributed by atoms with Crippen LogP contribution in [-0.4, -0.2) is 36.9 Å². The molecule has 1 aliphatic heterocycles. The van der Waals surface area contributed by atoms with E-state index < -0.39 is 5.41 Å². The molecule has 4 nitrogen and oxygen atoms in total. The Hall–Kier alpha value is -1.10. The van der Waals surface area contributed by atoms with Crippen LogP contribution in [0.1, 0.15) is 32.3 Å². The number of aliphatic hydroxyl groups is 1. The Balaban J connectivity index is 2.30. The van der Waals surface area contributed by atoms with Gasteiger partial charge in [-0.2, -0.15) is 0 Å². The molecule has 1 saturated heterocycles. The zero-order valence-electron chi connectivity index (χ0n) is 13.1. The number of hydrogen-bond acceptors (Lipinski definition) is 3. The number of hydrogen-bond donors (Lipinski definition) is 2. The van der Waals surface area contributed by atoms with Crippen molar-refractivity contribution in [3.63, 3.8) is 0 Å². The quantitative estimate of drug-likeness (QED) is 0.874. The molecule has 22 heavy (non-hydrogen) atoms. The number of halogens is 1. The molecule has 122 valence electrons. The second-order valence-electron chi connectivity index (χ2n) is 6.10. The van der Waals surface area contributed by atoms with E-state index >= 15 is 0 Å². The lowest BCUT2D eigenvalue weighted by Gasteiger charge is -2.38. The molecular formula is C17H24ClNO3. The maximum atomic E-state index is 13.0. The van der Waals surface area contributed by atoms with E-state index in [9.17, 15) is 9.90 Å². The van der Waals surface area contributed by atoms with Crippen molar-refractivity contribution in [3.8, 4) is 0 Å². The lowest BCUT2D eigenvalue weighted by atomic mass is 9.73.